The van der Waals surface area contributed by atoms with Crippen molar-refractivity contribution in [3.8, 4) is 0 Å². The molecule has 1 saturated heterocycles. The van der Waals surface area contributed by atoms with Gasteiger partial charge in [0.05, 0.1) is 6.61 Å². The van der Waals surface area contributed by atoms with Gasteiger partial charge in [-0.05, 0) is 26.0 Å². The Bertz CT molecular complexity index is 500. The van der Waals surface area contributed by atoms with Crippen LogP contribution in [0.5, 0.6) is 0 Å². The van der Waals surface area contributed by atoms with Crippen molar-refractivity contribution < 1.29 is 13.9 Å². The summed E-state index contributed by atoms with van der Waals surface area (Å²) < 4.78 is 19.0. The van der Waals surface area contributed by atoms with Crippen LogP contribution in [0.25, 0.3) is 0 Å². The highest BCUT2D eigenvalue weighted by Crippen LogP contribution is 2.28. The number of rotatable bonds is 3. The Morgan fingerprint density at radius 2 is 2.05 bits per heavy atom. The minimum absolute atomic E-state index is 0.282. The van der Waals surface area contributed by atoms with E-state index >= 15 is 0 Å². The van der Waals surface area contributed by atoms with Crippen LogP contribution in [0.2, 0.25) is 0 Å². The Morgan fingerprint density at radius 1 is 1.38 bits per heavy atom. The second-order valence-electron chi connectivity index (χ2n) is 5.13. The molecule has 0 saturated carbocycles. The fourth-order valence-electron chi connectivity index (χ4n) is 2.60. The monoisotopic (exact) mass is 295 g/mol. The average molecular weight is 295 g/mol. The van der Waals surface area contributed by atoms with Gasteiger partial charge >= 0.3 is 6.09 Å². The number of benzene rings is 1. The third-order valence-corrected chi connectivity index (χ3v) is 3.63. The van der Waals surface area contributed by atoms with Crippen molar-refractivity contribution in [2.24, 2.45) is 5.73 Å². The first-order valence-electron chi connectivity index (χ1n) is 7.25. The molecule has 1 aromatic carbocycles. The van der Waals surface area contributed by atoms with Crippen molar-refractivity contribution >= 4 is 11.8 Å². The largest absolute Gasteiger partial charge is 0.450 e. The SMILES string of the molecule is CCOC(=O)N1CCN(c2cccc(F)c2[C@H](C)N)CC1. The Morgan fingerprint density at radius 3 is 2.62 bits per heavy atom. The highest BCUT2D eigenvalue weighted by molar-refractivity contribution is 5.68. The van der Waals surface area contributed by atoms with E-state index in [2.05, 4.69) is 4.90 Å². The van der Waals surface area contributed by atoms with Gasteiger partial charge in [0.15, 0.2) is 0 Å². The Balaban J connectivity index is 2.09. The summed E-state index contributed by atoms with van der Waals surface area (Å²) in [5.41, 5.74) is 7.23. The molecule has 2 N–H and O–H groups in total. The second-order valence-corrected chi connectivity index (χ2v) is 5.13. The summed E-state index contributed by atoms with van der Waals surface area (Å²) in [6.45, 7) is 6.34. The van der Waals surface area contributed by atoms with Gasteiger partial charge < -0.3 is 20.3 Å². The first-order chi connectivity index (χ1) is 10.0. The first kappa shape index (κ1) is 15.6. The lowest BCUT2D eigenvalue weighted by Crippen LogP contribution is -2.49. The molecule has 1 amide bonds. The zero-order valence-corrected chi connectivity index (χ0v) is 12.5. The number of piperazine rings is 1. The van der Waals surface area contributed by atoms with Crippen LogP contribution in [0, 0.1) is 5.82 Å². The van der Waals surface area contributed by atoms with Gasteiger partial charge in [0.1, 0.15) is 5.82 Å². The molecule has 0 aliphatic carbocycles. The van der Waals surface area contributed by atoms with Gasteiger partial charge in [-0.15, -0.1) is 0 Å². The van der Waals surface area contributed by atoms with Crippen molar-refractivity contribution in [2.75, 3.05) is 37.7 Å². The van der Waals surface area contributed by atoms with Gasteiger partial charge in [0.25, 0.3) is 0 Å². The normalized spacial score (nSPS) is 16.8. The Labute approximate surface area is 124 Å². The molecule has 6 heteroatoms. The molecule has 0 radical (unpaired) electrons. The van der Waals surface area contributed by atoms with Crippen LogP contribution in [-0.4, -0.2) is 43.8 Å². The Hall–Kier alpha value is -1.82. The number of carbonyl (C=O) groups is 1. The van der Waals surface area contributed by atoms with Gasteiger partial charge in [-0.2, -0.15) is 0 Å². The van der Waals surface area contributed by atoms with Crippen LogP contribution >= 0.6 is 0 Å². The zero-order valence-electron chi connectivity index (χ0n) is 12.5. The van der Waals surface area contributed by atoms with E-state index in [0.717, 1.165) is 5.69 Å². The molecule has 116 valence electrons. The van der Waals surface area contributed by atoms with Gasteiger partial charge in [0.2, 0.25) is 0 Å². The fourth-order valence-corrected chi connectivity index (χ4v) is 2.60. The van der Waals surface area contributed by atoms with E-state index in [0.29, 0.717) is 38.3 Å². The molecular formula is C15H22FN3O2. The number of carbonyl (C=O) groups excluding carboxylic acids is 1. The maximum atomic E-state index is 14.0. The molecule has 1 atom stereocenters. The molecule has 5 nitrogen and oxygen atoms in total. The molecule has 1 aliphatic rings. The van der Waals surface area contributed by atoms with E-state index in [1.807, 2.05) is 6.07 Å². The Kier molecular flexibility index (Phi) is 5.01. The molecule has 0 bridgehead atoms. The summed E-state index contributed by atoms with van der Waals surface area (Å²) >= 11 is 0. The van der Waals surface area contributed by atoms with E-state index in [-0.39, 0.29) is 18.0 Å². The molecule has 1 fully saturated rings. The van der Waals surface area contributed by atoms with Gasteiger partial charge in [-0.1, -0.05) is 6.07 Å². The molecule has 1 aromatic rings. The average Bonchev–Trinajstić information content (AvgIpc) is 2.47. The number of nitrogens with zero attached hydrogens (tertiary/aromatic N) is 2. The summed E-state index contributed by atoms with van der Waals surface area (Å²) in [6, 6.07) is 4.62. The second kappa shape index (κ2) is 6.76. The summed E-state index contributed by atoms with van der Waals surface area (Å²) in [5, 5.41) is 0. The molecule has 0 spiro atoms. The number of ether oxygens (including phenoxy) is 1. The van der Waals surface area contributed by atoms with Crippen molar-refractivity contribution in [1.82, 2.24) is 4.90 Å². The first-order valence-corrected chi connectivity index (χ1v) is 7.25. The predicted molar refractivity (Wildman–Crippen MR) is 79.8 cm³/mol. The molecule has 1 aliphatic heterocycles. The number of hydrogen-bond acceptors (Lipinski definition) is 4. The number of halogens is 1. The van der Waals surface area contributed by atoms with E-state index < -0.39 is 0 Å². The van der Waals surface area contributed by atoms with Crippen LogP contribution in [-0.2, 0) is 4.74 Å². The molecular weight excluding hydrogens is 273 g/mol. The van der Waals surface area contributed by atoms with Crippen LogP contribution in [0.4, 0.5) is 14.9 Å². The number of anilines is 1. The molecule has 2 rings (SSSR count). The van der Waals surface area contributed by atoms with Gasteiger partial charge in [-0.3, -0.25) is 0 Å². The minimum Gasteiger partial charge on any atom is -0.450 e. The third kappa shape index (κ3) is 3.44. The fraction of sp³-hybridized carbons (Fsp3) is 0.533. The van der Waals surface area contributed by atoms with Gasteiger partial charge in [-0.25, -0.2) is 9.18 Å². The lowest BCUT2D eigenvalue weighted by atomic mass is 10.0. The molecule has 0 aromatic heterocycles. The standard InChI is InChI=1S/C15H22FN3O2/c1-3-21-15(20)19-9-7-18(8-10-19)13-6-4-5-12(16)14(13)11(2)17/h4-6,11H,3,7-10,17H2,1-2H3/t11-/m0/s1. The molecule has 0 unspecified atom stereocenters. The van der Waals surface area contributed by atoms with E-state index in [9.17, 15) is 9.18 Å². The smallest absolute Gasteiger partial charge is 0.409 e. The predicted octanol–water partition coefficient (Wildman–Crippen LogP) is 2.12. The van der Waals surface area contributed by atoms with Crippen LogP contribution < -0.4 is 10.6 Å². The van der Waals surface area contributed by atoms with Crippen LogP contribution in [0.3, 0.4) is 0 Å². The summed E-state index contributed by atoms with van der Waals surface area (Å²) in [7, 11) is 0. The van der Waals surface area contributed by atoms with E-state index in [1.54, 1.807) is 24.8 Å². The number of nitrogens with two attached hydrogens (primary N) is 1. The summed E-state index contributed by atoms with van der Waals surface area (Å²) in [4.78, 5) is 15.4. The maximum Gasteiger partial charge on any atom is 0.409 e. The van der Waals surface area contributed by atoms with Gasteiger partial charge in [0, 0.05) is 43.5 Å². The lowest BCUT2D eigenvalue weighted by Gasteiger charge is -2.36. The van der Waals surface area contributed by atoms with Crippen molar-refractivity contribution in [2.45, 2.75) is 19.9 Å². The quantitative estimate of drug-likeness (QED) is 0.928. The molecule has 21 heavy (non-hydrogen) atoms. The maximum absolute atomic E-state index is 14.0. The number of amides is 1. The van der Waals surface area contributed by atoms with E-state index in [4.69, 9.17) is 10.5 Å². The van der Waals surface area contributed by atoms with Crippen molar-refractivity contribution in [1.29, 1.82) is 0 Å². The summed E-state index contributed by atoms with van der Waals surface area (Å²) in [5.74, 6) is -0.282. The highest BCUT2D eigenvalue weighted by Gasteiger charge is 2.24. The van der Waals surface area contributed by atoms with Crippen LogP contribution in [0.15, 0.2) is 18.2 Å². The highest BCUT2D eigenvalue weighted by atomic mass is 19.1. The van der Waals surface area contributed by atoms with Crippen molar-refractivity contribution in [3.05, 3.63) is 29.6 Å². The summed E-state index contributed by atoms with van der Waals surface area (Å²) in [6.07, 6.45) is -0.288. The number of hydrogen-bond donors (Lipinski definition) is 1. The zero-order chi connectivity index (χ0) is 15.4. The topological polar surface area (TPSA) is 58.8 Å². The minimum atomic E-state index is -0.371. The van der Waals surface area contributed by atoms with Crippen molar-refractivity contribution in [3.63, 3.8) is 0 Å². The third-order valence-electron chi connectivity index (χ3n) is 3.63. The van der Waals surface area contributed by atoms with E-state index in [1.165, 1.54) is 6.07 Å². The lowest BCUT2D eigenvalue weighted by molar-refractivity contribution is 0.105. The molecule has 1 heterocycles. The van der Waals surface area contributed by atoms with Crippen LogP contribution in [0.1, 0.15) is 25.5 Å².